The molecule has 1 saturated heterocycles. The van der Waals surface area contributed by atoms with E-state index in [9.17, 15) is 24.9 Å². The molecule has 9 nitrogen and oxygen atoms in total. The molecule has 0 radical (unpaired) electrons. The van der Waals surface area contributed by atoms with Crippen molar-refractivity contribution in [2.45, 2.75) is 50.5 Å². The summed E-state index contributed by atoms with van der Waals surface area (Å²) in [5, 5.41) is 40.3. The molecule has 1 rings (SSSR count). The van der Waals surface area contributed by atoms with Crippen LogP contribution in [0, 0.1) is 0 Å². The maximum atomic E-state index is 11.2. The SMILES string of the molecule is CCC(=O)C(=O)NCCCO[C@H]1O[C@H](CO)[C@@H](O)[C@H](O)[C@@H]1O. The molecule has 5 atom stereocenters. The molecular formula is C13H23NO8. The second-order valence-electron chi connectivity index (χ2n) is 4.95. The summed E-state index contributed by atoms with van der Waals surface area (Å²) < 4.78 is 10.4. The van der Waals surface area contributed by atoms with E-state index in [1.807, 2.05) is 0 Å². The Morgan fingerprint density at radius 3 is 2.45 bits per heavy atom. The highest BCUT2D eigenvalue weighted by atomic mass is 16.7. The van der Waals surface area contributed by atoms with Crippen LogP contribution >= 0.6 is 0 Å². The maximum absolute atomic E-state index is 11.2. The maximum Gasteiger partial charge on any atom is 0.287 e. The van der Waals surface area contributed by atoms with Gasteiger partial charge in [-0.3, -0.25) is 9.59 Å². The largest absolute Gasteiger partial charge is 0.394 e. The molecule has 1 heterocycles. The summed E-state index contributed by atoms with van der Waals surface area (Å²) in [6.07, 6.45) is -6.09. The van der Waals surface area contributed by atoms with Crippen molar-refractivity contribution in [1.29, 1.82) is 0 Å². The first kappa shape index (κ1) is 18.9. The number of ketones is 1. The predicted octanol–water partition coefficient (Wildman–Crippen LogP) is -2.71. The van der Waals surface area contributed by atoms with Gasteiger partial charge in [-0.05, 0) is 6.42 Å². The van der Waals surface area contributed by atoms with E-state index in [1.54, 1.807) is 6.92 Å². The van der Waals surface area contributed by atoms with Gasteiger partial charge in [-0.2, -0.15) is 0 Å². The minimum absolute atomic E-state index is 0.0866. The van der Waals surface area contributed by atoms with E-state index in [0.29, 0.717) is 6.42 Å². The molecule has 0 unspecified atom stereocenters. The molecule has 0 saturated carbocycles. The zero-order valence-corrected chi connectivity index (χ0v) is 12.3. The van der Waals surface area contributed by atoms with Gasteiger partial charge in [0.25, 0.3) is 5.91 Å². The van der Waals surface area contributed by atoms with Crippen LogP contribution in [0.15, 0.2) is 0 Å². The highest BCUT2D eigenvalue weighted by Gasteiger charge is 2.43. The van der Waals surface area contributed by atoms with Crippen LogP contribution in [0.25, 0.3) is 0 Å². The van der Waals surface area contributed by atoms with Crippen LogP contribution < -0.4 is 5.32 Å². The van der Waals surface area contributed by atoms with Crippen LogP contribution in [0.3, 0.4) is 0 Å². The van der Waals surface area contributed by atoms with Gasteiger partial charge >= 0.3 is 0 Å². The van der Waals surface area contributed by atoms with Gasteiger partial charge < -0.3 is 35.2 Å². The fraction of sp³-hybridized carbons (Fsp3) is 0.846. The van der Waals surface area contributed by atoms with Gasteiger partial charge in [0.05, 0.1) is 13.2 Å². The molecule has 1 fully saturated rings. The van der Waals surface area contributed by atoms with Crippen LogP contribution in [0.4, 0.5) is 0 Å². The molecule has 0 spiro atoms. The van der Waals surface area contributed by atoms with Gasteiger partial charge in [0.1, 0.15) is 24.4 Å². The molecule has 9 heteroatoms. The number of aliphatic hydroxyl groups is 4. The summed E-state index contributed by atoms with van der Waals surface area (Å²) in [4.78, 5) is 22.2. The van der Waals surface area contributed by atoms with Crippen LogP contribution in [0.2, 0.25) is 0 Å². The van der Waals surface area contributed by atoms with Gasteiger partial charge in [-0.25, -0.2) is 0 Å². The molecule has 128 valence electrons. The lowest BCUT2D eigenvalue weighted by molar-refractivity contribution is -0.301. The van der Waals surface area contributed by atoms with Crippen molar-refractivity contribution in [2.24, 2.45) is 0 Å². The normalized spacial score (nSPS) is 31.8. The quantitative estimate of drug-likeness (QED) is 0.240. The summed E-state index contributed by atoms with van der Waals surface area (Å²) in [7, 11) is 0. The Kier molecular flexibility index (Phi) is 7.87. The summed E-state index contributed by atoms with van der Waals surface area (Å²) in [6.45, 7) is 1.36. The minimum atomic E-state index is -1.49. The summed E-state index contributed by atoms with van der Waals surface area (Å²) >= 11 is 0. The van der Waals surface area contributed by atoms with Gasteiger partial charge in [-0.1, -0.05) is 6.92 Å². The number of aliphatic hydroxyl groups excluding tert-OH is 4. The van der Waals surface area contributed by atoms with Crippen molar-refractivity contribution in [2.75, 3.05) is 19.8 Å². The van der Waals surface area contributed by atoms with Crippen molar-refractivity contribution in [3.05, 3.63) is 0 Å². The summed E-state index contributed by atoms with van der Waals surface area (Å²) in [5.74, 6) is -1.16. The van der Waals surface area contributed by atoms with Crippen LogP contribution in [-0.4, -0.2) is 82.6 Å². The van der Waals surface area contributed by atoms with Crippen molar-refractivity contribution < 1.29 is 39.5 Å². The number of carbonyl (C=O) groups excluding carboxylic acids is 2. The summed E-state index contributed by atoms with van der Waals surface area (Å²) in [5.41, 5.74) is 0. The molecule has 0 aliphatic carbocycles. The molecule has 1 aliphatic heterocycles. The zero-order chi connectivity index (χ0) is 16.7. The molecule has 0 bridgehead atoms. The van der Waals surface area contributed by atoms with Crippen molar-refractivity contribution in [3.8, 4) is 0 Å². The predicted molar refractivity (Wildman–Crippen MR) is 72.6 cm³/mol. The molecule has 0 aromatic rings. The van der Waals surface area contributed by atoms with Crippen LogP contribution in [0.1, 0.15) is 19.8 Å². The first-order valence-corrected chi connectivity index (χ1v) is 7.15. The first-order valence-electron chi connectivity index (χ1n) is 7.15. The lowest BCUT2D eigenvalue weighted by Crippen LogP contribution is -2.59. The smallest absolute Gasteiger partial charge is 0.287 e. The van der Waals surface area contributed by atoms with Gasteiger partial charge in [-0.15, -0.1) is 0 Å². The molecule has 0 aromatic heterocycles. The fourth-order valence-corrected chi connectivity index (χ4v) is 1.94. The lowest BCUT2D eigenvalue weighted by Gasteiger charge is -2.39. The van der Waals surface area contributed by atoms with E-state index in [-0.39, 0.29) is 19.6 Å². The standard InChI is InChI=1S/C13H23NO8/c1-2-7(16)12(20)14-4-3-5-21-13-11(19)10(18)9(17)8(6-15)22-13/h8-11,13,15,17-19H,2-6H2,1H3,(H,14,20)/t8-,9-,10+,11+,13+/m1/s1. The Morgan fingerprint density at radius 2 is 1.86 bits per heavy atom. The number of hydrogen-bond donors (Lipinski definition) is 5. The van der Waals surface area contributed by atoms with E-state index in [2.05, 4.69) is 5.32 Å². The van der Waals surface area contributed by atoms with E-state index >= 15 is 0 Å². The Hall–Kier alpha value is -1.10. The third-order valence-electron chi connectivity index (χ3n) is 3.31. The highest BCUT2D eigenvalue weighted by Crippen LogP contribution is 2.21. The van der Waals surface area contributed by atoms with Crippen LogP contribution in [-0.2, 0) is 19.1 Å². The Labute approximate surface area is 127 Å². The van der Waals surface area contributed by atoms with E-state index in [4.69, 9.17) is 14.6 Å². The number of ether oxygens (including phenoxy) is 2. The fourth-order valence-electron chi connectivity index (χ4n) is 1.94. The van der Waals surface area contributed by atoms with Crippen molar-refractivity contribution in [1.82, 2.24) is 5.32 Å². The zero-order valence-electron chi connectivity index (χ0n) is 12.3. The third-order valence-corrected chi connectivity index (χ3v) is 3.31. The Morgan fingerprint density at radius 1 is 1.18 bits per heavy atom. The van der Waals surface area contributed by atoms with Crippen LogP contribution in [0.5, 0.6) is 0 Å². The topological polar surface area (TPSA) is 146 Å². The van der Waals surface area contributed by atoms with Gasteiger partial charge in [0.2, 0.25) is 5.78 Å². The lowest BCUT2D eigenvalue weighted by atomic mass is 9.99. The minimum Gasteiger partial charge on any atom is -0.394 e. The van der Waals surface area contributed by atoms with E-state index < -0.39 is 49.0 Å². The molecule has 0 aromatic carbocycles. The second-order valence-corrected chi connectivity index (χ2v) is 4.95. The van der Waals surface area contributed by atoms with Gasteiger partial charge in [0.15, 0.2) is 6.29 Å². The van der Waals surface area contributed by atoms with E-state index in [1.165, 1.54) is 0 Å². The average molecular weight is 321 g/mol. The van der Waals surface area contributed by atoms with Gasteiger partial charge in [0, 0.05) is 13.0 Å². The Balaban J connectivity index is 2.29. The molecule has 1 amide bonds. The van der Waals surface area contributed by atoms with Crippen molar-refractivity contribution in [3.63, 3.8) is 0 Å². The van der Waals surface area contributed by atoms with E-state index in [0.717, 1.165) is 0 Å². The molecule has 22 heavy (non-hydrogen) atoms. The monoisotopic (exact) mass is 321 g/mol. The Bertz CT molecular complexity index is 375. The number of Topliss-reactive ketones (excluding diaryl/α,β-unsaturated/α-hetero) is 1. The van der Waals surface area contributed by atoms with Crippen molar-refractivity contribution >= 4 is 11.7 Å². The molecule has 1 aliphatic rings. The number of hydrogen-bond acceptors (Lipinski definition) is 8. The molecule has 5 N–H and O–H groups in total. The first-order chi connectivity index (χ1) is 10.4. The second kappa shape index (κ2) is 9.13. The average Bonchev–Trinajstić information content (AvgIpc) is 2.53. The number of amides is 1. The summed E-state index contributed by atoms with van der Waals surface area (Å²) in [6, 6.07) is 0. The molecular weight excluding hydrogens is 298 g/mol. The number of rotatable bonds is 8. The third kappa shape index (κ3) is 4.97. The number of carbonyl (C=O) groups is 2. The highest BCUT2D eigenvalue weighted by molar-refractivity contribution is 6.36. The number of nitrogens with one attached hydrogen (secondary N) is 1.